The number of primary amides is 1. The third-order valence-electron chi connectivity index (χ3n) is 3.77. The number of carbonyl (C=O) groups is 4. The van der Waals surface area contributed by atoms with E-state index in [1.165, 1.54) is 0 Å². The molecule has 0 aromatic rings. The Morgan fingerprint density at radius 2 is 1.54 bits per heavy atom. The average Bonchev–Trinajstić information content (AvgIpc) is 3.15. The topological polar surface area (TPSA) is 278 Å². The third-order valence-corrected chi connectivity index (χ3v) is 3.77. The van der Waals surface area contributed by atoms with E-state index in [1.54, 1.807) is 5.43 Å². The van der Waals surface area contributed by atoms with Gasteiger partial charge in [0.05, 0.1) is 6.04 Å². The van der Waals surface area contributed by atoms with Gasteiger partial charge in [0.2, 0.25) is 11.8 Å². The van der Waals surface area contributed by atoms with Crippen molar-refractivity contribution < 1.29 is 60.8 Å². The monoisotopic (exact) mass is 558 g/mol. The molecule has 16 nitrogen and oxygen atoms in total. The van der Waals surface area contributed by atoms with Gasteiger partial charge in [-0.2, -0.15) is 26.3 Å². The molecule has 0 bridgehead atoms. The molecule has 0 aliphatic carbocycles. The van der Waals surface area contributed by atoms with Crippen molar-refractivity contribution in [2.75, 3.05) is 13.1 Å². The molecule has 1 aliphatic heterocycles. The molecule has 3 atom stereocenters. The van der Waals surface area contributed by atoms with Crippen LogP contribution in [0.25, 0.3) is 0 Å². The lowest BCUT2D eigenvalue weighted by Crippen LogP contribution is -2.50. The Morgan fingerprint density at radius 1 is 1.08 bits per heavy atom. The van der Waals surface area contributed by atoms with E-state index in [0.717, 1.165) is 0 Å². The van der Waals surface area contributed by atoms with Crippen LogP contribution in [-0.4, -0.2) is 88.5 Å². The minimum atomic E-state index is -5.08. The van der Waals surface area contributed by atoms with Crippen LogP contribution in [0.3, 0.4) is 0 Å². The molecule has 37 heavy (non-hydrogen) atoms. The van der Waals surface area contributed by atoms with Crippen molar-refractivity contribution in [3.63, 3.8) is 0 Å². The summed E-state index contributed by atoms with van der Waals surface area (Å²) in [5, 5.41) is 29.1. The molecule has 11 N–H and O–H groups in total. The Bertz CT molecular complexity index is 814. The Balaban J connectivity index is 0. The summed E-state index contributed by atoms with van der Waals surface area (Å²) in [6, 6.07) is -1.38. The summed E-state index contributed by atoms with van der Waals surface area (Å²) in [4.78, 5) is 55.0. The maximum atomic E-state index is 12.0. The second-order valence-electron chi connectivity index (χ2n) is 6.80. The molecule has 1 aliphatic rings. The Morgan fingerprint density at radius 3 is 1.86 bits per heavy atom. The molecule has 1 heterocycles. The van der Waals surface area contributed by atoms with E-state index in [2.05, 4.69) is 15.6 Å². The molecule has 1 saturated heterocycles. The lowest BCUT2D eigenvalue weighted by molar-refractivity contribution is -0.525. The van der Waals surface area contributed by atoms with Crippen LogP contribution in [0.5, 0.6) is 0 Å². The molecular formula is C15H24F6N8O8. The van der Waals surface area contributed by atoms with Crippen molar-refractivity contribution in [1.29, 1.82) is 0 Å². The van der Waals surface area contributed by atoms with E-state index in [-0.39, 0.29) is 30.9 Å². The number of carbonyl (C=O) groups excluding carboxylic acids is 2. The van der Waals surface area contributed by atoms with Crippen LogP contribution in [0.4, 0.5) is 26.3 Å². The van der Waals surface area contributed by atoms with Gasteiger partial charge in [0.25, 0.3) is 5.96 Å². The molecule has 1 fully saturated rings. The average molecular weight is 558 g/mol. The van der Waals surface area contributed by atoms with E-state index in [1.807, 2.05) is 0 Å². The molecule has 0 aromatic carbocycles. The number of hydrazine groups is 1. The van der Waals surface area contributed by atoms with Crippen molar-refractivity contribution in [2.45, 2.75) is 49.7 Å². The van der Waals surface area contributed by atoms with Gasteiger partial charge in [-0.25, -0.2) is 24.7 Å². The zero-order valence-corrected chi connectivity index (χ0v) is 18.5. The normalized spacial score (nSPS) is 18.2. The number of hydrogen-bond donors (Lipinski definition) is 8. The van der Waals surface area contributed by atoms with E-state index in [0.29, 0.717) is 19.4 Å². The van der Waals surface area contributed by atoms with Crippen molar-refractivity contribution in [2.24, 2.45) is 22.2 Å². The first-order valence-electron chi connectivity index (χ1n) is 9.58. The number of nitrogens with two attached hydrogens (primary N) is 3. The largest absolute Gasteiger partial charge is 0.490 e. The van der Waals surface area contributed by atoms with Crippen LogP contribution in [-0.2, 0) is 19.2 Å². The van der Waals surface area contributed by atoms with E-state index >= 15 is 0 Å². The summed E-state index contributed by atoms with van der Waals surface area (Å²) in [5.74, 6) is -6.85. The number of rotatable bonds is 8. The van der Waals surface area contributed by atoms with Gasteiger partial charge < -0.3 is 38.0 Å². The van der Waals surface area contributed by atoms with Crippen molar-refractivity contribution in [3.8, 4) is 0 Å². The first-order chi connectivity index (χ1) is 16.7. The molecule has 1 rings (SSSR count). The number of nitro groups is 1. The number of aliphatic carboxylic acids is 2. The molecule has 2 amide bonds. The summed E-state index contributed by atoms with van der Waals surface area (Å²) in [7, 11) is 0. The Kier molecular flexibility index (Phi) is 15.2. The first-order valence-corrected chi connectivity index (χ1v) is 9.58. The highest BCUT2D eigenvalue weighted by Crippen LogP contribution is 2.13. The summed E-state index contributed by atoms with van der Waals surface area (Å²) in [6.45, 7) is 0.690. The number of carboxylic acids is 2. The molecule has 22 heteroatoms. The van der Waals surface area contributed by atoms with Gasteiger partial charge in [0, 0.05) is 19.1 Å². The highest BCUT2D eigenvalue weighted by molar-refractivity contribution is 5.89. The lowest BCUT2D eigenvalue weighted by atomic mass is 10.1. The van der Waals surface area contributed by atoms with Gasteiger partial charge in [-0.1, -0.05) is 5.43 Å². The number of halogens is 6. The predicted molar refractivity (Wildman–Crippen MR) is 109 cm³/mol. The van der Waals surface area contributed by atoms with Crippen LogP contribution >= 0.6 is 0 Å². The van der Waals surface area contributed by atoms with E-state index in [4.69, 9.17) is 37.0 Å². The minimum Gasteiger partial charge on any atom is -0.475 e. The SMILES string of the molecule is NC(=O)[C@@H](CCCN=C(N)N[N+](=O)[O-])NC(=O)[C@H]1C[C@@H](N)CN1.O=C(O)C(F)(F)F.O=C(O)C(F)(F)F. The number of aliphatic imine (C=N–C) groups is 1. The quantitative estimate of drug-likeness (QED) is 0.0393. The van der Waals surface area contributed by atoms with Crippen molar-refractivity contribution in [3.05, 3.63) is 10.1 Å². The molecule has 0 aromatic heterocycles. The maximum absolute atomic E-state index is 12.0. The Hall–Kier alpha value is -3.95. The number of guanidine groups is 1. The second kappa shape index (κ2) is 15.9. The third kappa shape index (κ3) is 18.0. The fourth-order valence-electron chi connectivity index (χ4n) is 2.14. The van der Waals surface area contributed by atoms with Crippen LogP contribution in [0, 0.1) is 10.1 Å². The summed E-state index contributed by atoms with van der Waals surface area (Å²) < 4.78 is 63.5. The number of nitrogens with one attached hydrogen (secondary N) is 3. The van der Waals surface area contributed by atoms with Crippen LogP contribution in [0.2, 0.25) is 0 Å². The smallest absolute Gasteiger partial charge is 0.475 e. The number of alkyl halides is 6. The number of carboxylic acid groups (broad SMARTS) is 2. The van der Waals surface area contributed by atoms with E-state index in [9.17, 15) is 46.0 Å². The van der Waals surface area contributed by atoms with Crippen molar-refractivity contribution in [1.82, 2.24) is 16.1 Å². The molecule has 214 valence electrons. The Labute approximate surface area is 202 Å². The zero-order valence-electron chi connectivity index (χ0n) is 18.5. The molecular weight excluding hydrogens is 534 g/mol. The molecule has 0 saturated carbocycles. The van der Waals surface area contributed by atoms with Crippen LogP contribution in [0.15, 0.2) is 4.99 Å². The molecule has 0 radical (unpaired) electrons. The zero-order chi connectivity index (χ0) is 29.6. The van der Waals surface area contributed by atoms with Crippen molar-refractivity contribution >= 4 is 29.7 Å². The van der Waals surface area contributed by atoms with Gasteiger partial charge in [-0.15, -0.1) is 0 Å². The van der Waals surface area contributed by atoms with E-state index < -0.39 is 47.3 Å². The minimum absolute atomic E-state index is 0.0933. The summed E-state index contributed by atoms with van der Waals surface area (Å²) >= 11 is 0. The van der Waals surface area contributed by atoms with Crippen LogP contribution < -0.4 is 33.3 Å². The lowest BCUT2D eigenvalue weighted by Gasteiger charge is -2.18. The fourth-order valence-corrected chi connectivity index (χ4v) is 2.14. The number of amides is 2. The maximum Gasteiger partial charge on any atom is 0.490 e. The number of hydrogen-bond acceptors (Lipinski definition) is 9. The van der Waals surface area contributed by atoms with Gasteiger partial charge in [0.1, 0.15) is 6.04 Å². The predicted octanol–water partition coefficient (Wildman–Crippen LogP) is -2.21. The number of nitrogens with zero attached hydrogens (tertiary/aromatic N) is 2. The summed E-state index contributed by atoms with van der Waals surface area (Å²) in [6.07, 6.45) is -9.06. The van der Waals surface area contributed by atoms with Gasteiger partial charge in [-0.3, -0.25) is 9.59 Å². The van der Waals surface area contributed by atoms with Gasteiger partial charge in [-0.05, 0) is 19.3 Å². The van der Waals surface area contributed by atoms with Gasteiger partial charge in [0.15, 0.2) is 5.03 Å². The standard InChI is InChI=1S/C11H22N8O4.2C2HF3O2/c12-6-4-8(16-5-6)10(21)17-7(9(13)20)2-1-3-15-11(14)18-19(22)23;2*3-2(4,5)1(6)7/h6-8,16H,1-5,12H2,(H2,13,20)(H,17,21)(H3,14,15,18);2*(H,6,7)/t6-,7-,8-;;/m1../s1. The second-order valence-corrected chi connectivity index (χ2v) is 6.80. The van der Waals surface area contributed by atoms with Gasteiger partial charge >= 0.3 is 24.3 Å². The molecule has 0 spiro atoms. The highest BCUT2D eigenvalue weighted by Gasteiger charge is 2.38. The van der Waals surface area contributed by atoms with Crippen LogP contribution in [0.1, 0.15) is 19.3 Å². The highest BCUT2D eigenvalue weighted by atomic mass is 19.4. The first kappa shape index (κ1) is 35.2. The molecule has 0 unspecified atom stereocenters. The summed E-state index contributed by atoms with van der Waals surface area (Å²) in [5.41, 5.74) is 17.9. The fraction of sp³-hybridized carbons (Fsp3) is 0.667.